The van der Waals surface area contributed by atoms with Gasteiger partial charge < -0.3 is 30.8 Å². The SMILES string of the molecule is CCCC1(OC)C(N)(C(C)N)C(C(C)N)CC[Si]1(OC)OC. The van der Waals surface area contributed by atoms with Crippen molar-refractivity contribution in [2.75, 3.05) is 21.3 Å². The fraction of sp³-hybridized carbons (Fsp3) is 1.00. The minimum atomic E-state index is -2.70. The molecule has 1 aliphatic heterocycles. The zero-order chi connectivity index (χ0) is 17.2. The summed E-state index contributed by atoms with van der Waals surface area (Å²) >= 11 is 0. The van der Waals surface area contributed by atoms with E-state index >= 15 is 0 Å². The molecule has 0 aromatic heterocycles. The lowest BCUT2D eigenvalue weighted by Gasteiger charge is -2.62. The molecule has 22 heavy (non-hydrogen) atoms. The minimum absolute atomic E-state index is 0.0601. The summed E-state index contributed by atoms with van der Waals surface area (Å²) in [6.07, 6.45) is 2.50. The Hall–Kier alpha value is -0.0231. The number of rotatable bonds is 7. The van der Waals surface area contributed by atoms with Gasteiger partial charge in [-0.3, -0.25) is 0 Å². The number of hydrogen-bond acceptors (Lipinski definition) is 6. The summed E-state index contributed by atoms with van der Waals surface area (Å²) < 4.78 is 18.1. The van der Waals surface area contributed by atoms with Crippen molar-refractivity contribution in [1.29, 1.82) is 0 Å². The van der Waals surface area contributed by atoms with Crippen molar-refractivity contribution in [2.24, 2.45) is 23.1 Å². The molecule has 0 radical (unpaired) electrons. The first-order valence-corrected chi connectivity index (χ1v) is 10.2. The van der Waals surface area contributed by atoms with E-state index in [9.17, 15) is 0 Å². The Morgan fingerprint density at radius 3 is 2.05 bits per heavy atom. The van der Waals surface area contributed by atoms with Crippen LogP contribution in [0.3, 0.4) is 0 Å². The summed E-state index contributed by atoms with van der Waals surface area (Å²) in [4.78, 5) is 0. The van der Waals surface area contributed by atoms with E-state index in [0.717, 1.165) is 25.3 Å². The van der Waals surface area contributed by atoms with Crippen molar-refractivity contribution in [3.8, 4) is 0 Å². The summed E-state index contributed by atoms with van der Waals surface area (Å²) in [7, 11) is 2.40. The van der Waals surface area contributed by atoms with E-state index in [1.165, 1.54) is 0 Å². The second kappa shape index (κ2) is 7.25. The highest BCUT2D eigenvalue weighted by Crippen LogP contribution is 2.51. The van der Waals surface area contributed by atoms with Crippen LogP contribution in [-0.2, 0) is 13.6 Å². The Labute approximate surface area is 136 Å². The van der Waals surface area contributed by atoms with Crippen LogP contribution in [0.5, 0.6) is 0 Å². The Morgan fingerprint density at radius 2 is 1.73 bits per heavy atom. The molecule has 7 heteroatoms. The van der Waals surface area contributed by atoms with Crippen LogP contribution in [0.4, 0.5) is 0 Å². The smallest absolute Gasteiger partial charge is 0.372 e. The van der Waals surface area contributed by atoms with Crippen molar-refractivity contribution < 1.29 is 13.6 Å². The highest BCUT2D eigenvalue weighted by atomic mass is 28.4. The van der Waals surface area contributed by atoms with Gasteiger partial charge in [0.1, 0.15) is 5.22 Å². The maximum Gasteiger partial charge on any atom is 0.372 e. The zero-order valence-electron chi connectivity index (χ0n) is 15.0. The second-order valence-electron chi connectivity index (χ2n) is 6.67. The first-order chi connectivity index (χ1) is 10.2. The fourth-order valence-corrected chi connectivity index (χ4v) is 8.97. The molecule has 1 aliphatic rings. The molecule has 1 saturated heterocycles. The highest BCUT2D eigenvalue weighted by Gasteiger charge is 2.72. The topological polar surface area (TPSA) is 106 Å². The maximum absolute atomic E-state index is 6.99. The molecule has 0 amide bonds. The van der Waals surface area contributed by atoms with Crippen LogP contribution in [0.2, 0.25) is 6.04 Å². The normalized spacial score (nSPS) is 37.8. The quantitative estimate of drug-likeness (QED) is 0.597. The molecule has 5 atom stereocenters. The predicted octanol–water partition coefficient (Wildman–Crippen LogP) is 0.858. The van der Waals surface area contributed by atoms with Gasteiger partial charge in [-0.1, -0.05) is 13.3 Å². The lowest BCUT2D eigenvalue weighted by molar-refractivity contribution is -0.0976. The number of methoxy groups -OCH3 is 1. The lowest BCUT2D eigenvalue weighted by Crippen LogP contribution is -2.86. The molecular formula is C15H35N3O3Si. The number of hydrogen-bond donors (Lipinski definition) is 3. The van der Waals surface area contributed by atoms with Gasteiger partial charge in [0.15, 0.2) is 0 Å². The zero-order valence-corrected chi connectivity index (χ0v) is 16.0. The molecule has 5 unspecified atom stereocenters. The van der Waals surface area contributed by atoms with Gasteiger partial charge in [0.2, 0.25) is 0 Å². The van der Waals surface area contributed by atoms with Gasteiger partial charge in [0.05, 0.1) is 5.54 Å². The molecule has 0 aliphatic carbocycles. The van der Waals surface area contributed by atoms with Crippen LogP contribution in [0.15, 0.2) is 0 Å². The van der Waals surface area contributed by atoms with Crippen LogP contribution in [0, 0.1) is 5.92 Å². The third-order valence-corrected chi connectivity index (χ3v) is 10.1. The van der Waals surface area contributed by atoms with Gasteiger partial charge in [0.25, 0.3) is 0 Å². The van der Waals surface area contributed by atoms with Crippen molar-refractivity contribution in [3.05, 3.63) is 0 Å². The van der Waals surface area contributed by atoms with E-state index in [4.69, 9.17) is 30.8 Å². The molecule has 1 rings (SSSR count). The van der Waals surface area contributed by atoms with Crippen molar-refractivity contribution >= 4 is 8.56 Å². The predicted molar refractivity (Wildman–Crippen MR) is 91.6 cm³/mol. The van der Waals surface area contributed by atoms with Gasteiger partial charge >= 0.3 is 8.56 Å². The minimum Gasteiger partial charge on any atom is -0.396 e. The summed E-state index contributed by atoms with van der Waals surface area (Å²) in [6, 6.07) is 0.460. The summed E-state index contributed by atoms with van der Waals surface area (Å²) in [5, 5.41) is -0.719. The van der Waals surface area contributed by atoms with Crippen LogP contribution >= 0.6 is 0 Å². The number of ether oxygens (including phenoxy) is 1. The van der Waals surface area contributed by atoms with Gasteiger partial charge in [0, 0.05) is 33.4 Å². The van der Waals surface area contributed by atoms with Crippen molar-refractivity contribution in [2.45, 2.75) is 68.9 Å². The van der Waals surface area contributed by atoms with E-state index in [1.807, 2.05) is 13.8 Å². The molecule has 0 aromatic carbocycles. The highest BCUT2D eigenvalue weighted by molar-refractivity contribution is 6.71. The third-order valence-electron chi connectivity index (χ3n) is 5.71. The average Bonchev–Trinajstić information content (AvgIpc) is 2.48. The molecule has 1 heterocycles. The maximum atomic E-state index is 6.99. The van der Waals surface area contributed by atoms with E-state index in [2.05, 4.69) is 6.92 Å². The van der Waals surface area contributed by atoms with E-state index in [-0.39, 0.29) is 18.0 Å². The van der Waals surface area contributed by atoms with E-state index in [1.54, 1.807) is 21.3 Å². The van der Waals surface area contributed by atoms with Crippen molar-refractivity contribution in [1.82, 2.24) is 0 Å². The van der Waals surface area contributed by atoms with Crippen LogP contribution in [0.1, 0.15) is 40.0 Å². The molecule has 6 N–H and O–H groups in total. The van der Waals surface area contributed by atoms with Gasteiger partial charge in [-0.15, -0.1) is 0 Å². The molecule has 1 fully saturated rings. The summed E-state index contributed by atoms with van der Waals surface area (Å²) in [5.74, 6) is 0.0601. The second-order valence-corrected chi connectivity index (χ2v) is 10.3. The van der Waals surface area contributed by atoms with E-state index < -0.39 is 19.3 Å². The average molecular weight is 334 g/mol. The molecule has 0 spiro atoms. The Morgan fingerprint density at radius 1 is 1.18 bits per heavy atom. The summed E-state index contributed by atoms with van der Waals surface area (Å²) in [6.45, 7) is 6.05. The first kappa shape index (κ1) is 20.0. The fourth-order valence-electron chi connectivity index (χ4n) is 4.63. The van der Waals surface area contributed by atoms with Crippen LogP contribution < -0.4 is 17.2 Å². The molecular weight excluding hydrogens is 298 g/mol. The Kier molecular flexibility index (Phi) is 6.60. The first-order valence-electron chi connectivity index (χ1n) is 8.18. The largest absolute Gasteiger partial charge is 0.396 e. The third kappa shape index (κ3) is 2.56. The Bertz CT molecular complexity index is 366. The lowest BCUT2D eigenvalue weighted by atomic mass is 9.68. The molecule has 132 valence electrons. The van der Waals surface area contributed by atoms with Gasteiger partial charge in [-0.05, 0) is 38.7 Å². The Balaban J connectivity index is 3.61. The van der Waals surface area contributed by atoms with Crippen LogP contribution in [-0.4, -0.2) is 52.7 Å². The van der Waals surface area contributed by atoms with E-state index in [0.29, 0.717) is 0 Å². The molecule has 0 aromatic rings. The summed E-state index contributed by atoms with van der Waals surface area (Å²) in [5.41, 5.74) is 18.9. The standard InChI is InChI=1S/C15H35N3O3Si/c1-7-9-14(19-4)15(18,12(3)17)13(11(2)16)8-10-22(14,20-5)21-6/h11-13H,7-10,16-18H2,1-6H3. The van der Waals surface area contributed by atoms with Gasteiger partial charge in [-0.25, -0.2) is 0 Å². The van der Waals surface area contributed by atoms with Crippen molar-refractivity contribution in [3.63, 3.8) is 0 Å². The van der Waals surface area contributed by atoms with Crippen LogP contribution in [0.25, 0.3) is 0 Å². The monoisotopic (exact) mass is 333 g/mol. The molecule has 6 nitrogen and oxygen atoms in total. The number of nitrogens with two attached hydrogens (primary N) is 3. The molecule has 0 saturated carbocycles. The molecule has 0 bridgehead atoms. The van der Waals surface area contributed by atoms with Gasteiger partial charge in [-0.2, -0.15) is 0 Å².